The van der Waals surface area contributed by atoms with Crippen LogP contribution in [0.25, 0.3) is 0 Å². The Hall–Kier alpha value is -0.470. The van der Waals surface area contributed by atoms with Gasteiger partial charge in [0, 0.05) is 21.5 Å². The van der Waals surface area contributed by atoms with Crippen molar-refractivity contribution in [3.63, 3.8) is 0 Å². The molecule has 4 N–H and O–H groups in total. The van der Waals surface area contributed by atoms with Gasteiger partial charge in [-0.05, 0) is 66.2 Å². The van der Waals surface area contributed by atoms with Crippen LogP contribution >= 0.6 is 31.9 Å². The lowest BCUT2D eigenvalue weighted by atomic mass is 9.93. The van der Waals surface area contributed by atoms with Gasteiger partial charge in [-0.3, -0.25) is 4.79 Å². The second-order valence-electron chi connectivity index (χ2n) is 5.97. The van der Waals surface area contributed by atoms with Crippen LogP contribution in [0, 0.1) is 0 Å². The normalized spacial score (nSPS) is 22.7. The van der Waals surface area contributed by atoms with Crippen LogP contribution in [-0.4, -0.2) is 34.4 Å². The summed E-state index contributed by atoms with van der Waals surface area (Å²) in [5, 5.41) is 25.2. The first-order chi connectivity index (χ1) is 10.9. The van der Waals surface area contributed by atoms with Crippen LogP contribution in [0.1, 0.15) is 38.2 Å². The number of carbonyl (C=O) groups excluding carboxylic acids is 1. The molecule has 2 rings (SSSR count). The molecule has 128 valence electrons. The zero-order valence-corrected chi connectivity index (χ0v) is 16.2. The van der Waals surface area contributed by atoms with Gasteiger partial charge in [-0.1, -0.05) is 15.9 Å². The molecule has 1 aliphatic rings. The number of carbonyl (C=O) groups is 1. The predicted octanol–water partition coefficient (Wildman–Crippen LogP) is 2.92. The summed E-state index contributed by atoms with van der Waals surface area (Å²) in [7, 11) is 0. The smallest absolute Gasteiger partial charge is 0.252 e. The lowest BCUT2D eigenvalue weighted by Gasteiger charge is -2.27. The Bertz CT molecular complexity index is 559. The van der Waals surface area contributed by atoms with Gasteiger partial charge >= 0.3 is 0 Å². The molecule has 0 heterocycles. The second kappa shape index (κ2) is 8.58. The van der Waals surface area contributed by atoms with E-state index in [4.69, 9.17) is 0 Å². The fourth-order valence-electron chi connectivity index (χ4n) is 2.67. The van der Waals surface area contributed by atoms with E-state index in [1.54, 1.807) is 0 Å². The maximum Gasteiger partial charge on any atom is 0.252 e. The Kier molecular flexibility index (Phi) is 7.03. The minimum Gasteiger partial charge on any atom is -0.393 e. The average molecular weight is 450 g/mol. The third-order valence-electron chi connectivity index (χ3n) is 4.04. The molecule has 0 aromatic heterocycles. The molecule has 1 amide bonds. The summed E-state index contributed by atoms with van der Waals surface area (Å²) in [4.78, 5) is 11.8. The van der Waals surface area contributed by atoms with E-state index in [1.165, 1.54) is 6.92 Å². The van der Waals surface area contributed by atoms with Crippen molar-refractivity contribution in [2.75, 3.05) is 5.32 Å². The van der Waals surface area contributed by atoms with Crippen molar-refractivity contribution in [1.29, 1.82) is 0 Å². The molecule has 7 heteroatoms. The summed E-state index contributed by atoms with van der Waals surface area (Å²) < 4.78 is 1.67. The van der Waals surface area contributed by atoms with Gasteiger partial charge in [0.15, 0.2) is 0 Å². The SMILES string of the molecule is C[C@H](O)C(=O)Nc1c(Br)cc(Br)cc1CNC1CCC(O)CC1. The number of aliphatic hydroxyl groups is 2. The number of aliphatic hydroxyl groups excluding tert-OH is 2. The van der Waals surface area contributed by atoms with Crippen molar-refractivity contribution in [3.8, 4) is 0 Å². The van der Waals surface area contributed by atoms with Crippen molar-refractivity contribution in [1.82, 2.24) is 5.32 Å². The molecule has 0 radical (unpaired) electrons. The standard InChI is InChI=1S/C16H22Br2N2O3/c1-9(21)16(23)20-15-10(6-11(17)7-14(15)18)8-19-12-2-4-13(22)5-3-12/h6-7,9,12-13,19,21-22H,2-5,8H2,1H3,(H,20,23)/t9-,12?,13?/m0/s1. The molecule has 1 atom stereocenters. The monoisotopic (exact) mass is 448 g/mol. The number of benzene rings is 1. The lowest BCUT2D eigenvalue weighted by molar-refractivity contribution is -0.123. The molecule has 1 aliphatic carbocycles. The quantitative estimate of drug-likeness (QED) is 0.557. The summed E-state index contributed by atoms with van der Waals surface area (Å²) >= 11 is 6.93. The maximum absolute atomic E-state index is 11.8. The highest BCUT2D eigenvalue weighted by molar-refractivity contribution is 9.11. The number of nitrogens with one attached hydrogen (secondary N) is 2. The van der Waals surface area contributed by atoms with Crippen molar-refractivity contribution in [2.45, 2.75) is 57.4 Å². The number of halogens is 2. The van der Waals surface area contributed by atoms with Gasteiger partial charge in [0.1, 0.15) is 6.10 Å². The van der Waals surface area contributed by atoms with E-state index in [0.717, 1.165) is 40.2 Å². The zero-order valence-electron chi connectivity index (χ0n) is 13.0. The Labute approximate surface area is 153 Å². The highest BCUT2D eigenvalue weighted by atomic mass is 79.9. The molecule has 5 nitrogen and oxygen atoms in total. The van der Waals surface area contributed by atoms with Crippen LogP contribution in [0.2, 0.25) is 0 Å². The molecule has 1 saturated carbocycles. The molecule has 0 saturated heterocycles. The van der Waals surface area contributed by atoms with E-state index in [2.05, 4.69) is 42.5 Å². The molecule has 1 aromatic carbocycles. The van der Waals surface area contributed by atoms with Gasteiger partial charge in [0.05, 0.1) is 11.8 Å². The van der Waals surface area contributed by atoms with Crippen LogP contribution in [0.3, 0.4) is 0 Å². The van der Waals surface area contributed by atoms with Gasteiger partial charge in [0.2, 0.25) is 0 Å². The Morgan fingerprint density at radius 3 is 2.57 bits per heavy atom. The number of anilines is 1. The van der Waals surface area contributed by atoms with Gasteiger partial charge in [0.25, 0.3) is 5.91 Å². The molecule has 23 heavy (non-hydrogen) atoms. The first-order valence-electron chi connectivity index (χ1n) is 7.75. The van der Waals surface area contributed by atoms with E-state index in [0.29, 0.717) is 18.3 Å². The van der Waals surface area contributed by atoms with Crippen LogP contribution in [-0.2, 0) is 11.3 Å². The van der Waals surface area contributed by atoms with Gasteiger partial charge in [-0.2, -0.15) is 0 Å². The first kappa shape index (κ1) is 18.9. The fourth-order valence-corrected chi connectivity index (χ4v) is 4.08. The van der Waals surface area contributed by atoms with Gasteiger partial charge < -0.3 is 20.8 Å². The fraction of sp³-hybridized carbons (Fsp3) is 0.562. The number of hydrogen-bond donors (Lipinski definition) is 4. The molecule has 0 unspecified atom stereocenters. The Morgan fingerprint density at radius 1 is 1.30 bits per heavy atom. The molecular formula is C16H22Br2N2O3. The van der Waals surface area contributed by atoms with Crippen LogP contribution in [0.4, 0.5) is 5.69 Å². The highest BCUT2D eigenvalue weighted by Gasteiger charge is 2.20. The molecule has 1 fully saturated rings. The summed E-state index contributed by atoms with van der Waals surface area (Å²) in [6.45, 7) is 2.04. The van der Waals surface area contributed by atoms with E-state index in [1.807, 2.05) is 12.1 Å². The summed E-state index contributed by atoms with van der Waals surface area (Å²) in [5.41, 5.74) is 1.61. The molecule has 0 spiro atoms. The van der Waals surface area contributed by atoms with E-state index in [9.17, 15) is 15.0 Å². The van der Waals surface area contributed by atoms with Gasteiger partial charge in [-0.25, -0.2) is 0 Å². The van der Waals surface area contributed by atoms with Crippen molar-refractivity contribution in [2.24, 2.45) is 0 Å². The van der Waals surface area contributed by atoms with Crippen molar-refractivity contribution < 1.29 is 15.0 Å². The van der Waals surface area contributed by atoms with E-state index < -0.39 is 12.0 Å². The number of hydrogen-bond acceptors (Lipinski definition) is 4. The van der Waals surface area contributed by atoms with Crippen molar-refractivity contribution in [3.05, 3.63) is 26.6 Å². The maximum atomic E-state index is 11.8. The van der Waals surface area contributed by atoms with E-state index >= 15 is 0 Å². The second-order valence-corrected chi connectivity index (χ2v) is 7.74. The van der Waals surface area contributed by atoms with Crippen LogP contribution in [0.15, 0.2) is 21.1 Å². The topological polar surface area (TPSA) is 81.6 Å². The minimum atomic E-state index is -1.06. The predicted molar refractivity (Wildman–Crippen MR) is 97.3 cm³/mol. The molecule has 0 aliphatic heterocycles. The number of amides is 1. The average Bonchev–Trinajstić information content (AvgIpc) is 2.49. The Balaban J connectivity index is 2.08. The third kappa shape index (κ3) is 5.53. The summed E-state index contributed by atoms with van der Waals surface area (Å²) in [6.07, 6.45) is 2.31. The summed E-state index contributed by atoms with van der Waals surface area (Å²) in [6, 6.07) is 4.18. The minimum absolute atomic E-state index is 0.172. The van der Waals surface area contributed by atoms with Crippen molar-refractivity contribution >= 4 is 43.5 Å². The highest BCUT2D eigenvalue weighted by Crippen LogP contribution is 2.31. The molecule has 1 aromatic rings. The first-order valence-corrected chi connectivity index (χ1v) is 9.33. The molecule has 0 bridgehead atoms. The van der Waals surface area contributed by atoms with E-state index in [-0.39, 0.29) is 6.10 Å². The zero-order chi connectivity index (χ0) is 17.0. The summed E-state index contributed by atoms with van der Waals surface area (Å²) in [5.74, 6) is -0.435. The molecular weight excluding hydrogens is 428 g/mol. The lowest BCUT2D eigenvalue weighted by Crippen LogP contribution is -2.34. The van der Waals surface area contributed by atoms with Crippen LogP contribution in [0.5, 0.6) is 0 Å². The third-order valence-corrected chi connectivity index (χ3v) is 5.13. The van der Waals surface area contributed by atoms with Gasteiger partial charge in [-0.15, -0.1) is 0 Å². The van der Waals surface area contributed by atoms with Crippen LogP contribution < -0.4 is 10.6 Å². The number of rotatable bonds is 5. The largest absolute Gasteiger partial charge is 0.393 e. The Morgan fingerprint density at radius 2 is 1.96 bits per heavy atom.